The highest BCUT2D eigenvalue weighted by atomic mass is 32.1. The summed E-state index contributed by atoms with van der Waals surface area (Å²) in [5.41, 5.74) is -1.12. The number of nitrogens with zero attached hydrogens (tertiary/aromatic N) is 1. The van der Waals surface area contributed by atoms with Gasteiger partial charge in [-0.2, -0.15) is 5.26 Å². The molecule has 0 spiro atoms. The summed E-state index contributed by atoms with van der Waals surface area (Å²) in [6.45, 7) is 0. The fraction of sp³-hybridized carbons (Fsp3) is 0.200. The summed E-state index contributed by atoms with van der Waals surface area (Å²) < 4.78 is 29.7. The minimum absolute atomic E-state index is 0.0285. The summed E-state index contributed by atoms with van der Waals surface area (Å²) in [4.78, 5) is 11.2. The van der Waals surface area contributed by atoms with Crippen molar-refractivity contribution in [3.8, 4) is 6.07 Å². The number of thiol groups is 1. The molecular weight excluding hydrogens is 236 g/mol. The predicted octanol–water partition coefficient (Wildman–Crippen LogP) is 2.57. The van der Waals surface area contributed by atoms with Crippen molar-refractivity contribution in [1.82, 2.24) is 0 Å². The maximum atomic E-state index is 12.7. The van der Waals surface area contributed by atoms with Gasteiger partial charge in [-0.25, -0.2) is 13.6 Å². The highest BCUT2D eigenvalue weighted by Crippen LogP contribution is 2.31. The van der Waals surface area contributed by atoms with Gasteiger partial charge in [0.1, 0.15) is 6.07 Å². The van der Waals surface area contributed by atoms with E-state index in [0.29, 0.717) is 0 Å². The van der Waals surface area contributed by atoms with Crippen LogP contribution in [0.4, 0.5) is 8.78 Å². The van der Waals surface area contributed by atoms with E-state index < -0.39 is 23.5 Å². The number of carbonyl (C=O) groups is 1. The minimum Gasteiger partial charge on any atom is -0.465 e. The van der Waals surface area contributed by atoms with Crippen LogP contribution in [0.3, 0.4) is 0 Å². The third kappa shape index (κ3) is 2.14. The van der Waals surface area contributed by atoms with Gasteiger partial charge in [0.15, 0.2) is 0 Å². The first-order valence-corrected chi connectivity index (χ1v) is 4.60. The van der Waals surface area contributed by atoms with E-state index in [1.54, 1.807) is 6.07 Å². The van der Waals surface area contributed by atoms with E-state index in [9.17, 15) is 13.6 Å². The van der Waals surface area contributed by atoms with E-state index in [0.717, 1.165) is 7.11 Å². The zero-order valence-electron chi connectivity index (χ0n) is 8.20. The van der Waals surface area contributed by atoms with E-state index in [2.05, 4.69) is 17.4 Å². The molecule has 0 aliphatic heterocycles. The Balaban J connectivity index is 3.51. The van der Waals surface area contributed by atoms with Crippen LogP contribution in [0.25, 0.3) is 0 Å². The minimum atomic E-state index is -2.87. The molecule has 84 valence electrons. The first-order chi connectivity index (χ1) is 7.52. The van der Waals surface area contributed by atoms with Gasteiger partial charge in [-0.15, -0.1) is 12.6 Å². The van der Waals surface area contributed by atoms with Gasteiger partial charge in [-0.05, 0) is 12.1 Å². The van der Waals surface area contributed by atoms with Crippen molar-refractivity contribution in [2.24, 2.45) is 0 Å². The number of esters is 1. The van der Waals surface area contributed by atoms with Crippen molar-refractivity contribution in [2.75, 3.05) is 7.11 Å². The Morgan fingerprint density at radius 2 is 2.19 bits per heavy atom. The maximum Gasteiger partial charge on any atom is 0.339 e. The molecule has 1 aromatic rings. The molecule has 3 nitrogen and oxygen atoms in total. The smallest absolute Gasteiger partial charge is 0.339 e. The lowest BCUT2D eigenvalue weighted by Crippen LogP contribution is -2.07. The van der Waals surface area contributed by atoms with E-state index in [1.165, 1.54) is 12.1 Å². The predicted molar refractivity (Wildman–Crippen MR) is 54.7 cm³/mol. The molecule has 0 fully saturated rings. The second-order valence-corrected chi connectivity index (χ2v) is 3.31. The zero-order valence-corrected chi connectivity index (χ0v) is 9.09. The molecule has 1 rings (SSSR count). The topological polar surface area (TPSA) is 50.1 Å². The summed E-state index contributed by atoms with van der Waals surface area (Å²) in [5, 5.41) is 8.79. The number of nitriles is 1. The SMILES string of the molecule is COC(=O)c1ccc(S)c(C(F)F)c1C#N. The van der Waals surface area contributed by atoms with Gasteiger partial charge in [0.2, 0.25) is 0 Å². The molecule has 0 N–H and O–H groups in total. The Morgan fingerprint density at radius 1 is 1.56 bits per heavy atom. The van der Waals surface area contributed by atoms with Gasteiger partial charge >= 0.3 is 5.97 Å². The molecule has 0 aliphatic carbocycles. The van der Waals surface area contributed by atoms with Gasteiger partial charge in [0.25, 0.3) is 6.43 Å². The molecule has 0 atom stereocenters. The number of rotatable bonds is 2. The third-order valence-corrected chi connectivity index (χ3v) is 2.35. The highest BCUT2D eigenvalue weighted by Gasteiger charge is 2.22. The Bertz CT molecular complexity index is 469. The number of hydrogen-bond donors (Lipinski definition) is 1. The number of benzene rings is 1. The van der Waals surface area contributed by atoms with E-state index in [4.69, 9.17) is 5.26 Å². The molecule has 0 saturated carbocycles. The monoisotopic (exact) mass is 243 g/mol. The number of carbonyl (C=O) groups excluding carboxylic acids is 1. The van der Waals surface area contributed by atoms with E-state index in [1.807, 2.05) is 0 Å². The lowest BCUT2D eigenvalue weighted by molar-refractivity contribution is 0.0599. The van der Waals surface area contributed by atoms with Crippen molar-refractivity contribution < 1.29 is 18.3 Å². The van der Waals surface area contributed by atoms with Crippen LogP contribution < -0.4 is 0 Å². The number of hydrogen-bond acceptors (Lipinski definition) is 4. The number of alkyl halides is 2. The number of ether oxygens (including phenoxy) is 1. The Hall–Kier alpha value is -1.61. The Labute approximate surface area is 96.0 Å². The standard InChI is InChI=1S/C10H7F2NO2S/c1-15-10(14)5-2-3-7(16)8(9(11)12)6(5)4-13/h2-3,9,16H,1H3. The van der Waals surface area contributed by atoms with Crippen molar-refractivity contribution in [3.63, 3.8) is 0 Å². The normalized spacial score (nSPS) is 10.0. The third-order valence-electron chi connectivity index (χ3n) is 1.96. The zero-order chi connectivity index (χ0) is 12.3. The van der Waals surface area contributed by atoms with Crippen LogP contribution in [-0.2, 0) is 4.74 Å². The van der Waals surface area contributed by atoms with E-state index in [-0.39, 0.29) is 10.5 Å². The van der Waals surface area contributed by atoms with Gasteiger partial charge in [0.05, 0.1) is 18.2 Å². The van der Waals surface area contributed by atoms with Crippen LogP contribution in [0.5, 0.6) is 0 Å². The molecule has 0 aliphatic rings. The second kappa shape index (κ2) is 4.94. The Morgan fingerprint density at radius 3 is 2.62 bits per heavy atom. The average Bonchev–Trinajstić information content (AvgIpc) is 2.26. The van der Waals surface area contributed by atoms with Gasteiger partial charge in [-0.3, -0.25) is 0 Å². The highest BCUT2D eigenvalue weighted by molar-refractivity contribution is 7.80. The van der Waals surface area contributed by atoms with Crippen LogP contribution in [0.2, 0.25) is 0 Å². The van der Waals surface area contributed by atoms with Crippen molar-refractivity contribution in [1.29, 1.82) is 5.26 Å². The maximum absolute atomic E-state index is 12.7. The molecule has 16 heavy (non-hydrogen) atoms. The first kappa shape index (κ1) is 12.5. The largest absolute Gasteiger partial charge is 0.465 e. The molecule has 0 amide bonds. The van der Waals surface area contributed by atoms with Crippen molar-refractivity contribution in [3.05, 3.63) is 28.8 Å². The van der Waals surface area contributed by atoms with Crippen LogP contribution in [0, 0.1) is 11.3 Å². The van der Waals surface area contributed by atoms with Crippen LogP contribution >= 0.6 is 12.6 Å². The molecular formula is C10H7F2NO2S. The summed E-state index contributed by atoms with van der Waals surface area (Å²) in [6, 6.07) is 4.04. The van der Waals surface area contributed by atoms with Crippen LogP contribution in [-0.4, -0.2) is 13.1 Å². The summed E-state index contributed by atoms with van der Waals surface area (Å²) in [6.07, 6.45) is -2.87. The molecule has 0 unspecified atom stereocenters. The Kier molecular flexibility index (Phi) is 3.85. The lowest BCUT2D eigenvalue weighted by Gasteiger charge is -2.09. The van der Waals surface area contributed by atoms with Crippen LogP contribution in [0.15, 0.2) is 17.0 Å². The molecule has 0 saturated heterocycles. The fourth-order valence-electron chi connectivity index (χ4n) is 1.23. The first-order valence-electron chi connectivity index (χ1n) is 4.15. The van der Waals surface area contributed by atoms with Crippen LogP contribution in [0.1, 0.15) is 27.9 Å². The number of halogens is 2. The summed E-state index contributed by atoms with van der Waals surface area (Å²) >= 11 is 3.82. The molecule has 0 radical (unpaired) electrons. The van der Waals surface area contributed by atoms with Crippen molar-refractivity contribution >= 4 is 18.6 Å². The van der Waals surface area contributed by atoms with Crippen molar-refractivity contribution in [2.45, 2.75) is 11.3 Å². The van der Waals surface area contributed by atoms with Gasteiger partial charge in [0, 0.05) is 10.5 Å². The molecule has 0 aromatic heterocycles. The summed E-state index contributed by atoms with van der Waals surface area (Å²) in [5.74, 6) is -0.827. The lowest BCUT2D eigenvalue weighted by atomic mass is 10.0. The fourth-order valence-corrected chi connectivity index (χ4v) is 1.51. The quantitative estimate of drug-likeness (QED) is 0.641. The average molecular weight is 243 g/mol. The molecule has 0 heterocycles. The number of methoxy groups -OCH3 is 1. The molecule has 0 bridgehead atoms. The van der Waals surface area contributed by atoms with Gasteiger partial charge in [-0.1, -0.05) is 0 Å². The molecule has 1 aromatic carbocycles. The second-order valence-electron chi connectivity index (χ2n) is 2.83. The summed E-state index contributed by atoms with van der Waals surface area (Å²) in [7, 11) is 1.11. The van der Waals surface area contributed by atoms with E-state index >= 15 is 0 Å². The van der Waals surface area contributed by atoms with Gasteiger partial charge < -0.3 is 4.74 Å². The molecule has 6 heteroatoms.